The van der Waals surface area contributed by atoms with Crippen molar-refractivity contribution >= 4 is 21.7 Å². The lowest BCUT2D eigenvalue weighted by Gasteiger charge is -2.14. The van der Waals surface area contributed by atoms with E-state index in [2.05, 4.69) is 15.9 Å². The van der Waals surface area contributed by atoms with Crippen LogP contribution in [0, 0.1) is 5.82 Å². The van der Waals surface area contributed by atoms with Crippen molar-refractivity contribution in [1.29, 1.82) is 0 Å². The molecule has 1 unspecified atom stereocenters. The van der Waals surface area contributed by atoms with Crippen molar-refractivity contribution in [2.24, 2.45) is 0 Å². The lowest BCUT2D eigenvalue weighted by atomic mass is 10.0. The maximum Gasteiger partial charge on any atom is 0.194 e. The van der Waals surface area contributed by atoms with E-state index in [0.717, 1.165) is 0 Å². The number of Topliss-reactive ketones (excluding diaryl/α,β-unsaturated/α-hetero) is 1. The summed E-state index contributed by atoms with van der Waals surface area (Å²) in [5.74, 6) is -0.825. The lowest BCUT2D eigenvalue weighted by molar-refractivity contribution is 0.0440. The van der Waals surface area contributed by atoms with Crippen molar-refractivity contribution in [2.45, 2.75) is 26.4 Å². The van der Waals surface area contributed by atoms with E-state index >= 15 is 0 Å². The maximum absolute atomic E-state index is 13.7. The molecule has 1 aromatic rings. The van der Waals surface area contributed by atoms with Crippen LogP contribution in [0.3, 0.4) is 0 Å². The van der Waals surface area contributed by atoms with Gasteiger partial charge in [-0.3, -0.25) is 4.79 Å². The number of ether oxygens (including phenoxy) is 1. The van der Waals surface area contributed by atoms with E-state index in [1.165, 1.54) is 6.07 Å². The normalized spacial score (nSPS) is 12.5. The zero-order valence-electron chi connectivity index (χ0n) is 9.30. The fourth-order valence-corrected chi connectivity index (χ4v) is 1.81. The van der Waals surface area contributed by atoms with Crippen molar-refractivity contribution in [1.82, 2.24) is 0 Å². The zero-order chi connectivity index (χ0) is 12.1. The second-order valence-electron chi connectivity index (χ2n) is 3.32. The number of carbonyl (C=O) groups is 1. The van der Waals surface area contributed by atoms with Crippen LogP contribution in [0.25, 0.3) is 0 Å². The standard InChI is InChI=1S/C12H14BrFO2/c1-3-10(16-4-2)12(15)8-6-5-7-9(13)11(8)14/h5-7,10H,3-4H2,1-2H3. The molecule has 4 heteroatoms. The van der Waals surface area contributed by atoms with Gasteiger partial charge in [-0.2, -0.15) is 0 Å². The Morgan fingerprint density at radius 1 is 1.50 bits per heavy atom. The molecule has 0 spiro atoms. The van der Waals surface area contributed by atoms with Crippen LogP contribution in [0.1, 0.15) is 30.6 Å². The first-order chi connectivity index (χ1) is 7.61. The monoisotopic (exact) mass is 288 g/mol. The Balaban J connectivity index is 2.99. The predicted octanol–water partition coefficient (Wildman–Crippen LogP) is 3.59. The topological polar surface area (TPSA) is 26.3 Å². The summed E-state index contributed by atoms with van der Waals surface area (Å²) in [5, 5.41) is 0. The van der Waals surface area contributed by atoms with E-state index in [9.17, 15) is 9.18 Å². The summed E-state index contributed by atoms with van der Waals surface area (Å²) in [6, 6.07) is 4.68. The smallest absolute Gasteiger partial charge is 0.194 e. The van der Waals surface area contributed by atoms with Gasteiger partial charge in [-0.1, -0.05) is 13.0 Å². The predicted molar refractivity (Wildman–Crippen MR) is 64.1 cm³/mol. The quantitative estimate of drug-likeness (QED) is 0.774. The number of ketones is 1. The third kappa shape index (κ3) is 2.89. The maximum atomic E-state index is 13.7. The Kier molecular flexibility index (Phi) is 5.09. The molecule has 0 aromatic heterocycles. The van der Waals surface area contributed by atoms with Gasteiger partial charge in [0.05, 0.1) is 10.0 Å². The minimum atomic E-state index is -0.561. The summed E-state index contributed by atoms with van der Waals surface area (Å²) in [4.78, 5) is 12.0. The van der Waals surface area contributed by atoms with Gasteiger partial charge >= 0.3 is 0 Å². The molecular formula is C12H14BrFO2. The number of rotatable bonds is 5. The van der Waals surface area contributed by atoms with Crippen molar-refractivity contribution in [3.05, 3.63) is 34.1 Å². The van der Waals surface area contributed by atoms with Gasteiger partial charge in [-0.15, -0.1) is 0 Å². The molecule has 1 atom stereocenters. The van der Waals surface area contributed by atoms with Gasteiger partial charge in [-0.05, 0) is 41.4 Å². The molecule has 2 nitrogen and oxygen atoms in total. The molecule has 0 aliphatic rings. The first-order valence-corrected chi connectivity index (χ1v) is 6.00. The largest absolute Gasteiger partial charge is 0.370 e. The summed E-state index contributed by atoms with van der Waals surface area (Å²) < 4.78 is 19.2. The van der Waals surface area contributed by atoms with E-state index < -0.39 is 11.9 Å². The Morgan fingerprint density at radius 2 is 2.19 bits per heavy atom. The van der Waals surface area contributed by atoms with Crippen LogP contribution < -0.4 is 0 Å². The SMILES string of the molecule is CCOC(CC)C(=O)c1cccc(Br)c1F. The molecule has 0 radical (unpaired) electrons. The molecule has 0 fully saturated rings. The average Bonchev–Trinajstić information content (AvgIpc) is 2.29. The van der Waals surface area contributed by atoms with Crippen molar-refractivity contribution in [2.75, 3.05) is 6.61 Å². The summed E-state index contributed by atoms with van der Waals surface area (Å²) in [7, 11) is 0. The van der Waals surface area contributed by atoms with Crippen LogP contribution in [0.2, 0.25) is 0 Å². The highest BCUT2D eigenvalue weighted by Crippen LogP contribution is 2.21. The Labute approximate surface area is 103 Å². The van der Waals surface area contributed by atoms with Crippen LogP contribution in [-0.2, 0) is 4.74 Å². The lowest BCUT2D eigenvalue weighted by Crippen LogP contribution is -2.24. The summed E-state index contributed by atoms with van der Waals surface area (Å²) in [6.07, 6.45) is -0.0210. The number of hydrogen-bond donors (Lipinski definition) is 0. The van der Waals surface area contributed by atoms with E-state index in [1.54, 1.807) is 12.1 Å². The fraction of sp³-hybridized carbons (Fsp3) is 0.417. The van der Waals surface area contributed by atoms with Gasteiger partial charge in [0, 0.05) is 6.61 Å². The molecule has 16 heavy (non-hydrogen) atoms. The second kappa shape index (κ2) is 6.11. The van der Waals surface area contributed by atoms with E-state index in [0.29, 0.717) is 17.5 Å². The summed E-state index contributed by atoms with van der Waals surface area (Å²) >= 11 is 3.06. The molecule has 0 N–H and O–H groups in total. The minimum Gasteiger partial charge on any atom is -0.370 e. The molecule has 0 saturated carbocycles. The summed E-state index contributed by atoms with van der Waals surface area (Å²) in [6.45, 7) is 4.10. The molecule has 0 saturated heterocycles. The first-order valence-electron chi connectivity index (χ1n) is 5.21. The average molecular weight is 289 g/mol. The Hall–Kier alpha value is -0.740. The highest BCUT2D eigenvalue weighted by Gasteiger charge is 2.22. The van der Waals surface area contributed by atoms with Gasteiger partial charge in [0.25, 0.3) is 0 Å². The number of carbonyl (C=O) groups excluding carboxylic acids is 1. The molecular weight excluding hydrogens is 275 g/mol. The van der Waals surface area contributed by atoms with Gasteiger partial charge < -0.3 is 4.74 Å². The molecule has 1 aromatic carbocycles. The number of benzene rings is 1. The van der Waals surface area contributed by atoms with Crippen LogP contribution in [-0.4, -0.2) is 18.5 Å². The molecule has 0 bridgehead atoms. The van der Waals surface area contributed by atoms with Gasteiger partial charge in [0.2, 0.25) is 0 Å². The highest BCUT2D eigenvalue weighted by molar-refractivity contribution is 9.10. The van der Waals surface area contributed by atoms with Crippen molar-refractivity contribution in [3.8, 4) is 0 Å². The van der Waals surface area contributed by atoms with Crippen LogP contribution in [0.5, 0.6) is 0 Å². The van der Waals surface area contributed by atoms with E-state index in [-0.39, 0.29) is 11.3 Å². The molecule has 1 rings (SSSR count). The Bertz CT molecular complexity index is 379. The van der Waals surface area contributed by atoms with Crippen molar-refractivity contribution in [3.63, 3.8) is 0 Å². The van der Waals surface area contributed by atoms with Crippen LogP contribution >= 0.6 is 15.9 Å². The van der Waals surface area contributed by atoms with Crippen LogP contribution in [0.15, 0.2) is 22.7 Å². The third-order valence-electron chi connectivity index (χ3n) is 2.25. The molecule has 0 heterocycles. The molecule has 88 valence electrons. The van der Waals surface area contributed by atoms with Gasteiger partial charge in [-0.25, -0.2) is 4.39 Å². The molecule has 0 aliphatic heterocycles. The molecule has 0 amide bonds. The number of hydrogen-bond acceptors (Lipinski definition) is 2. The van der Waals surface area contributed by atoms with Crippen LogP contribution in [0.4, 0.5) is 4.39 Å². The third-order valence-corrected chi connectivity index (χ3v) is 2.86. The van der Waals surface area contributed by atoms with E-state index in [1.807, 2.05) is 13.8 Å². The molecule has 0 aliphatic carbocycles. The van der Waals surface area contributed by atoms with Gasteiger partial charge in [0.1, 0.15) is 11.9 Å². The second-order valence-corrected chi connectivity index (χ2v) is 4.17. The fourth-order valence-electron chi connectivity index (χ4n) is 1.45. The number of halogens is 2. The van der Waals surface area contributed by atoms with E-state index in [4.69, 9.17) is 4.74 Å². The minimum absolute atomic E-state index is 0.0784. The van der Waals surface area contributed by atoms with Gasteiger partial charge in [0.15, 0.2) is 5.78 Å². The Morgan fingerprint density at radius 3 is 2.75 bits per heavy atom. The summed E-state index contributed by atoms with van der Waals surface area (Å²) in [5.41, 5.74) is 0.0784. The highest BCUT2D eigenvalue weighted by atomic mass is 79.9. The zero-order valence-corrected chi connectivity index (χ0v) is 10.9. The first kappa shape index (κ1) is 13.3. The van der Waals surface area contributed by atoms with Crippen molar-refractivity contribution < 1.29 is 13.9 Å².